The Labute approximate surface area is 125 Å². The topological polar surface area (TPSA) is 55.4 Å². The van der Waals surface area contributed by atoms with Crippen molar-refractivity contribution in [2.75, 3.05) is 13.2 Å². The summed E-state index contributed by atoms with van der Waals surface area (Å²) in [7, 11) is -3.47. The van der Waals surface area contributed by atoms with Gasteiger partial charge in [0.25, 0.3) is 0 Å². The quantitative estimate of drug-likeness (QED) is 0.800. The molecule has 0 aliphatic rings. The van der Waals surface area contributed by atoms with Crippen molar-refractivity contribution in [2.24, 2.45) is 0 Å². The number of para-hydroxylation sites is 1. The molecule has 0 amide bonds. The average Bonchev–Trinajstić information content (AvgIpc) is 2.53. The van der Waals surface area contributed by atoms with Crippen LogP contribution in [0.5, 0.6) is 5.75 Å². The molecule has 2 rings (SSSR count). The molecule has 0 bridgehead atoms. The zero-order valence-electron chi connectivity index (χ0n) is 12.0. The maximum Gasteiger partial charge on any atom is 0.240 e. The Hall–Kier alpha value is -1.85. The van der Waals surface area contributed by atoms with Crippen LogP contribution < -0.4 is 9.46 Å². The monoisotopic (exact) mass is 305 g/mol. The van der Waals surface area contributed by atoms with E-state index in [0.717, 1.165) is 17.7 Å². The normalized spacial score (nSPS) is 11.3. The first-order valence-electron chi connectivity index (χ1n) is 6.88. The van der Waals surface area contributed by atoms with Gasteiger partial charge in [0.15, 0.2) is 0 Å². The number of ether oxygens (including phenoxy) is 1. The van der Waals surface area contributed by atoms with Gasteiger partial charge >= 0.3 is 0 Å². The summed E-state index contributed by atoms with van der Waals surface area (Å²) in [6, 6.07) is 16.2. The Morgan fingerprint density at radius 3 is 2.29 bits per heavy atom. The standard InChI is InChI=1S/C16H19NO3S/c1-2-14-8-10-16(11-9-14)21(18,19)17-12-13-20-15-6-4-3-5-7-15/h3-11,17H,2,12-13H2,1H3. The molecule has 0 fully saturated rings. The highest BCUT2D eigenvalue weighted by molar-refractivity contribution is 7.89. The van der Waals surface area contributed by atoms with Gasteiger partial charge in [-0.1, -0.05) is 37.3 Å². The van der Waals surface area contributed by atoms with Crippen molar-refractivity contribution in [3.8, 4) is 5.75 Å². The molecule has 5 heteroatoms. The van der Waals surface area contributed by atoms with Crippen LogP contribution in [0.15, 0.2) is 59.5 Å². The Morgan fingerprint density at radius 1 is 1.00 bits per heavy atom. The van der Waals surface area contributed by atoms with Crippen LogP contribution >= 0.6 is 0 Å². The van der Waals surface area contributed by atoms with Crippen LogP contribution in [0.4, 0.5) is 0 Å². The predicted octanol–water partition coefficient (Wildman–Crippen LogP) is 2.61. The molecule has 0 aromatic heterocycles. The van der Waals surface area contributed by atoms with Crippen molar-refractivity contribution < 1.29 is 13.2 Å². The number of rotatable bonds is 7. The third-order valence-electron chi connectivity index (χ3n) is 3.05. The average molecular weight is 305 g/mol. The second-order valence-electron chi connectivity index (χ2n) is 4.56. The van der Waals surface area contributed by atoms with Crippen LogP contribution in [0.2, 0.25) is 0 Å². The van der Waals surface area contributed by atoms with Crippen LogP contribution in [0, 0.1) is 0 Å². The van der Waals surface area contributed by atoms with Gasteiger partial charge < -0.3 is 4.74 Å². The maximum atomic E-state index is 12.1. The minimum atomic E-state index is -3.47. The first-order chi connectivity index (χ1) is 10.1. The lowest BCUT2D eigenvalue weighted by molar-refractivity contribution is 0.323. The van der Waals surface area contributed by atoms with Gasteiger partial charge in [0.2, 0.25) is 10.0 Å². The predicted molar refractivity (Wildman–Crippen MR) is 82.9 cm³/mol. The van der Waals surface area contributed by atoms with E-state index in [4.69, 9.17) is 4.74 Å². The van der Waals surface area contributed by atoms with E-state index in [1.54, 1.807) is 12.1 Å². The van der Waals surface area contributed by atoms with Gasteiger partial charge in [-0.05, 0) is 36.2 Å². The largest absolute Gasteiger partial charge is 0.492 e. The lowest BCUT2D eigenvalue weighted by Gasteiger charge is -2.09. The SMILES string of the molecule is CCc1ccc(S(=O)(=O)NCCOc2ccccc2)cc1. The summed E-state index contributed by atoms with van der Waals surface area (Å²) in [4.78, 5) is 0.277. The molecule has 0 aliphatic carbocycles. The van der Waals surface area contributed by atoms with Crippen LogP contribution in [0.3, 0.4) is 0 Å². The van der Waals surface area contributed by atoms with Gasteiger partial charge in [0.1, 0.15) is 12.4 Å². The highest BCUT2D eigenvalue weighted by atomic mass is 32.2. The maximum absolute atomic E-state index is 12.1. The van der Waals surface area contributed by atoms with Crippen LogP contribution in [-0.2, 0) is 16.4 Å². The van der Waals surface area contributed by atoms with Crippen molar-refractivity contribution in [2.45, 2.75) is 18.2 Å². The molecular weight excluding hydrogens is 286 g/mol. The highest BCUT2D eigenvalue weighted by Gasteiger charge is 2.12. The molecule has 0 saturated carbocycles. The van der Waals surface area contributed by atoms with E-state index in [0.29, 0.717) is 0 Å². The van der Waals surface area contributed by atoms with E-state index in [-0.39, 0.29) is 18.0 Å². The molecule has 0 unspecified atom stereocenters. The van der Waals surface area contributed by atoms with E-state index >= 15 is 0 Å². The number of nitrogens with one attached hydrogen (secondary N) is 1. The highest BCUT2D eigenvalue weighted by Crippen LogP contribution is 2.11. The summed E-state index contributed by atoms with van der Waals surface area (Å²) in [6.45, 7) is 2.55. The number of sulfonamides is 1. The minimum absolute atomic E-state index is 0.229. The molecule has 2 aromatic rings. The number of aryl methyl sites for hydroxylation is 1. The smallest absolute Gasteiger partial charge is 0.240 e. The molecule has 0 saturated heterocycles. The van der Waals surface area contributed by atoms with E-state index in [9.17, 15) is 8.42 Å². The Morgan fingerprint density at radius 2 is 1.67 bits per heavy atom. The molecule has 1 N–H and O–H groups in total. The van der Waals surface area contributed by atoms with Crippen molar-refractivity contribution >= 4 is 10.0 Å². The third-order valence-corrected chi connectivity index (χ3v) is 4.52. The Balaban J connectivity index is 1.86. The molecule has 0 heterocycles. The lowest BCUT2D eigenvalue weighted by Crippen LogP contribution is -2.28. The minimum Gasteiger partial charge on any atom is -0.492 e. The summed E-state index contributed by atoms with van der Waals surface area (Å²) in [6.07, 6.45) is 0.888. The fourth-order valence-electron chi connectivity index (χ4n) is 1.85. The Bertz CT molecular complexity index is 652. The Kier molecular flexibility index (Phi) is 5.36. The van der Waals surface area contributed by atoms with E-state index < -0.39 is 10.0 Å². The summed E-state index contributed by atoms with van der Waals surface area (Å²) in [5.41, 5.74) is 1.11. The van der Waals surface area contributed by atoms with Crippen molar-refractivity contribution in [3.05, 3.63) is 60.2 Å². The summed E-state index contributed by atoms with van der Waals surface area (Å²) in [5, 5.41) is 0. The number of hydrogen-bond acceptors (Lipinski definition) is 3. The van der Waals surface area contributed by atoms with Crippen molar-refractivity contribution in [3.63, 3.8) is 0 Å². The van der Waals surface area contributed by atoms with E-state index in [2.05, 4.69) is 4.72 Å². The molecule has 0 atom stereocenters. The summed E-state index contributed by atoms with van der Waals surface area (Å²) in [5.74, 6) is 0.726. The molecular formula is C16H19NO3S. The van der Waals surface area contributed by atoms with Crippen LogP contribution in [0.1, 0.15) is 12.5 Å². The number of hydrogen-bond donors (Lipinski definition) is 1. The molecule has 0 aliphatic heterocycles. The summed E-state index contributed by atoms with van der Waals surface area (Å²) >= 11 is 0. The second kappa shape index (κ2) is 7.24. The van der Waals surface area contributed by atoms with Gasteiger partial charge in [-0.3, -0.25) is 0 Å². The molecule has 112 valence electrons. The van der Waals surface area contributed by atoms with Gasteiger partial charge in [-0.25, -0.2) is 13.1 Å². The van der Waals surface area contributed by atoms with Crippen LogP contribution in [0.25, 0.3) is 0 Å². The number of benzene rings is 2. The third kappa shape index (κ3) is 4.58. The van der Waals surface area contributed by atoms with Crippen molar-refractivity contribution in [1.82, 2.24) is 4.72 Å². The second-order valence-corrected chi connectivity index (χ2v) is 6.32. The molecule has 0 spiro atoms. The first kappa shape index (κ1) is 15.5. The zero-order chi connectivity index (χ0) is 15.1. The van der Waals surface area contributed by atoms with Crippen LogP contribution in [-0.4, -0.2) is 21.6 Å². The van der Waals surface area contributed by atoms with Gasteiger partial charge in [-0.2, -0.15) is 0 Å². The van der Waals surface area contributed by atoms with Gasteiger partial charge in [0, 0.05) is 6.54 Å². The molecule has 0 radical (unpaired) electrons. The van der Waals surface area contributed by atoms with Crippen molar-refractivity contribution in [1.29, 1.82) is 0 Å². The van der Waals surface area contributed by atoms with Gasteiger partial charge in [0.05, 0.1) is 4.90 Å². The van der Waals surface area contributed by atoms with E-state index in [1.807, 2.05) is 49.4 Å². The molecule has 4 nitrogen and oxygen atoms in total. The first-order valence-corrected chi connectivity index (χ1v) is 8.36. The fourth-order valence-corrected chi connectivity index (χ4v) is 2.86. The lowest BCUT2D eigenvalue weighted by atomic mass is 10.2. The zero-order valence-corrected chi connectivity index (χ0v) is 12.8. The molecule has 21 heavy (non-hydrogen) atoms. The fraction of sp³-hybridized carbons (Fsp3) is 0.250. The molecule has 2 aromatic carbocycles. The summed E-state index contributed by atoms with van der Waals surface area (Å²) < 4.78 is 32.1. The van der Waals surface area contributed by atoms with Gasteiger partial charge in [-0.15, -0.1) is 0 Å². The van der Waals surface area contributed by atoms with E-state index in [1.165, 1.54) is 0 Å².